The molecule has 5 aromatic carbocycles. The second-order valence-corrected chi connectivity index (χ2v) is 12.3. The largest absolute Gasteiger partial charge is 0.496 e. The van der Waals surface area contributed by atoms with Gasteiger partial charge < -0.3 is 28.8 Å². The number of benzene rings is 5. The number of hydrogen-bond acceptors (Lipinski definition) is 9. The summed E-state index contributed by atoms with van der Waals surface area (Å²) in [6, 6.07) is 38.9. The number of methoxy groups -OCH3 is 3. The second-order valence-electron chi connectivity index (χ2n) is 12.3. The van der Waals surface area contributed by atoms with Crippen LogP contribution in [0.4, 0.5) is 0 Å². The minimum Gasteiger partial charge on any atom is -0.496 e. The van der Waals surface area contributed by atoms with Gasteiger partial charge >= 0.3 is 0 Å². The van der Waals surface area contributed by atoms with Crippen molar-refractivity contribution in [3.63, 3.8) is 0 Å². The normalized spacial score (nSPS) is 16.4. The number of aliphatic imine (C=N–C) groups is 1. The van der Waals surface area contributed by atoms with Crippen LogP contribution >= 0.6 is 0 Å². The molecule has 0 unspecified atom stereocenters. The zero-order valence-electron chi connectivity index (χ0n) is 29.5. The summed E-state index contributed by atoms with van der Waals surface area (Å²) < 4.78 is 29.1. The summed E-state index contributed by atoms with van der Waals surface area (Å²) in [5.41, 5.74) is 9.89. The fourth-order valence-corrected chi connectivity index (χ4v) is 6.24. The molecule has 0 aliphatic carbocycles. The number of nitrogens with one attached hydrogen (secondary N) is 2. The Kier molecular flexibility index (Phi) is 11.7. The maximum atomic E-state index is 14.7. The molecule has 268 valence electrons. The Morgan fingerprint density at radius 2 is 1.38 bits per heavy atom. The van der Waals surface area contributed by atoms with Crippen LogP contribution in [0.15, 0.2) is 126 Å². The maximum absolute atomic E-state index is 14.7. The maximum Gasteiger partial charge on any atom is 0.266 e. The minimum atomic E-state index is -1.41. The molecule has 1 aliphatic rings. The first-order chi connectivity index (χ1) is 25.5. The lowest BCUT2D eigenvalue weighted by atomic mass is 9.82. The fraction of sp³-hybridized carbons (Fsp3) is 0.238. The molecule has 1 amide bonds. The van der Waals surface area contributed by atoms with Crippen molar-refractivity contribution in [2.24, 2.45) is 4.99 Å². The lowest BCUT2D eigenvalue weighted by Gasteiger charge is -2.31. The fourth-order valence-electron chi connectivity index (χ4n) is 6.24. The highest BCUT2D eigenvalue weighted by molar-refractivity contribution is 6.01. The number of aliphatic hydroxyl groups excluding tert-OH is 1. The van der Waals surface area contributed by atoms with Crippen molar-refractivity contribution < 1.29 is 33.6 Å². The van der Waals surface area contributed by atoms with Crippen LogP contribution in [0.3, 0.4) is 0 Å². The van der Waals surface area contributed by atoms with Crippen LogP contribution in [-0.2, 0) is 22.5 Å². The van der Waals surface area contributed by atoms with E-state index in [4.69, 9.17) is 33.8 Å². The predicted octanol–water partition coefficient (Wildman–Crippen LogP) is 6.46. The summed E-state index contributed by atoms with van der Waals surface area (Å²) in [7, 11) is 4.71. The van der Waals surface area contributed by atoms with Gasteiger partial charge in [-0.1, -0.05) is 84.9 Å². The highest BCUT2D eigenvalue weighted by Gasteiger charge is 2.53. The van der Waals surface area contributed by atoms with E-state index in [0.717, 1.165) is 22.3 Å². The molecule has 10 nitrogen and oxygen atoms in total. The Morgan fingerprint density at radius 3 is 2.00 bits per heavy atom. The predicted molar refractivity (Wildman–Crippen MR) is 200 cm³/mol. The molecule has 0 bridgehead atoms. The first-order valence-electron chi connectivity index (χ1n) is 17.1. The van der Waals surface area contributed by atoms with E-state index in [9.17, 15) is 4.79 Å². The summed E-state index contributed by atoms with van der Waals surface area (Å²) in [5, 5.41) is 9.14. The van der Waals surface area contributed by atoms with Gasteiger partial charge in [0.15, 0.2) is 11.6 Å². The molecular weight excluding hydrogens is 658 g/mol. The number of hydrazine groups is 1. The average Bonchev–Trinajstić information content (AvgIpc) is 3.59. The SMILES string of the molecule is COc1cc(OC)c(CNNC(=O)[C@@]2(Cc3ccccc3)N=C(c3ccc(OCCCO)cc3)O[C@H]2c2ccc(-c3ccccc3)cc2)c(OC)c1. The highest BCUT2D eigenvalue weighted by atomic mass is 16.5. The molecule has 0 saturated heterocycles. The molecule has 52 heavy (non-hydrogen) atoms. The van der Waals surface area contributed by atoms with Gasteiger partial charge in [0.25, 0.3) is 5.91 Å². The second kappa shape index (κ2) is 16.9. The van der Waals surface area contributed by atoms with Crippen LogP contribution < -0.4 is 29.8 Å². The van der Waals surface area contributed by atoms with Gasteiger partial charge in [0.1, 0.15) is 23.0 Å². The number of amides is 1. The van der Waals surface area contributed by atoms with Crippen LogP contribution in [-0.4, -0.2) is 57.0 Å². The zero-order valence-corrected chi connectivity index (χ0v) is 29.5. The molecule has 2 atom stereocenters. The van der Waals surface area contributed by atoms with Crippen LogP contribution in [0, 0.1) is 0 Å². The summed E-state index contributed by atoms with van der Waals surface area (Å²) in [5.74, 6) is 2.29. The van der Waals surface area contributed by atoms with Crippen LogP contribution in [0.1, 0.15) is 34.8 Å². The van der Waals surface area contributed by atoms with Crippen molar-refractivity contribution in [1.82, 2.24) is 10.9 Å². The van der Waals surface area contributed by atoms with Crippen LogP contribution in [0.5, 0.6) is 23.0 Å². The molecule has 0 radical (unpaired) electrons. The topological polar surface area (TPSA) is 120 Å². The van der Waals surface area contributed by atoms with Crippen molar-refractivity contribution in [2.75, 3.05) is 34.5 Å². The van der Waals surface area contributed by atoms with E-state index < -0.39 is 11.6 Å². The van der Waals surface area contributed by atoms with Gasteiger partial charge in [0, 0.05) is 43.7 Å². The van der Waals surface area contributed by atoms with Crippen molar-refractivity contribution in [1.29, 1.82) is 0 Å². The number of rotatable bonds is 16. The minimum absolute atomic E-state index is 0.0536. The molecule has 3 N–H and O–H groups in total. The summed E-state index contributed by atoms with van der Waals surface area (Å²) in [4.78, 5) is 19.9. The number of aliphatic hydroxyl groups is 1. The van der Waals surface area contributed by atoms with E-state index in [2.05, 4.69) is 23.0 Å². The van der Waals surface area contributed by atoms with Gasteiger partial charge in [-0.2, -0.15) is 0 Å². The molecule has 0 aromatic heterocycles. The smallest absolute Gasteiger partial charge is 0.266 e. The van der Waals surface area contributed by atoms with Crippen molar-refractivity contribution in [3.8, 4) is 34.1 Å². The van der Waals surface area contributed by atoms with E-state index >= 15 is 0 Å². The first kappa shape index (κ1) is 36.0. The highest BCUT2D eigenvalue weighted by Crippen LogP contribution is 2.43. The molecule has 0 fully saturated rings. The van der Waals surface area contributed by atoms with Gasteiger partial charge in [-0.05, 0) is 46.5 Å². The van der Waals surface area contributed by atoms with E-state index in [1.807, 2.05) is 97.1 Å². The molecule has 0 spiro atoms. The van der Waals surface area contributed by atoms with Crippen molar-refractivity contribution in [2.45, 2.75) is 31.0 Å². The van der Waals surface area contributed by atoms with E-state index in [-0.39, 0.29) is 25.5 Å². The number of hydrogen-bond donors (Lipinski definition) is 3. The average molecular weight is 702 g/mol. The molecule has 10 heteroatoms. The van der Waals surface area contributed by atoms with Gasteiger partial charge in [-0.25, -0.2) is 10.4 Å². The monoisotopic (exact) mass is 701 g/mol. The lowest BCUT2D eigenvalue weighted by Crippen LogP contribution is -2.53. The Bertz CT molecular complexity index is 1930. The van der Waals surface area contributed by atoms with Crippen LogP contribution in [0.25, 0.3) is 11.1 Å². The number of carbonyl (C=O) groups is 1. The Balaban J connectivity index is 1.37. The first-order valence-corrected chi connectivity index (χ1v) is 17.1. The summed E-state index contributed by atoms with van der Waals surface area (Å²) in [6.45, 7) is 0.642. The molecule has 1 heterocycles. The van der Waals surface area contributed by atoms with Gasteiger partial charge in [-0.15, -0.1) is 0 Å². The van der Waals surface area contributed by atoms with Gasteiger partial charge in [-0.3, -0.25) is 10.2 Å². The third-order valence-corrected chi connectivity index (χ3v) is 8.95. The molecular formula is C42H43N3O7. The quantitative estimate of drug-likeness (QED) is 0.0793. The number of carbonyl (C=O) groups excluding carboxylic acids is 1. The summed E-state index contributed by atoms with van der Waals surface area (Å²) in [6.07, 6.45) is 0.0128. The van der Waals surface area contributed by atoms with Crippen molar-refractivity contribution in [3.05, 3.63) is 144 Å². The van der Waals surface area contributed by atoms with E-state index in [1.54, 1.807) is 33.5 Å². The Labute approximate surface area is 304 Å². The lowest BCUT2D eigenvalue weighted by molar-refractivity contribution is -0.130. The molecule has 0 saturated carbocycles. The number of nitrogens with zero attached hydrogens (tertiary/aromatic N) is 1. The van der Waals surface area contributed by atoms with Gasteiger partial charge in [0.2, 0.25) is 5.90 Å². The molecule has 5 aromatic rings. The zero-order chi connectivity index (χ0) is 36.3. The standard InChI is InChI=1S/C42H43N3O7/c1-48-35-25-37(49-2)36(38(26-35)50-3)28-43-45-41(47)42(27-29-11-6-4-7-12-29)39(32-17-15-31(16-18-32)30-13-8-5-9-14-30)52-40(44-42)33-19-21-34(22-20-33)51-24-10-23-46/h4-9,11-22,25-26,39,43,46H,10,23-24,27-28H2,1-3H3,(H,45,47)/t39-,42-/m0/s1. The van der Waals surface area contributed by atoms with Crippen molar-refractivity contribution >= 4 is 11.8 Å². The third-order valence-electron chi connectivity index (χ3n) is 8.95. The molecule has 6 rings (SSSR count). The molecule has 1 aliphatic heterocycles. The number of ether oxygens (including phenoxy) is 5. The Hall–Kier alpha value is -5.84. The van der Waals surface area contributed by atoms with Crippen LogP contribution in [0.2, 0.25) is 0 Å². The van der Waals surface area contributed by atoms with Gasteiger partial charge in [0.05, 0.1) is 33.5 Å². The summed E-state index contributed by atoms with van der Waals surface area (Å²) >= 11 is 0. The Morgan fingerprint density at radius 1 is 0.769 bits per heavy atom. The van der Waals surface area contributed by atoms with E-state index in [1.165, 1.54) is 0 Å². The van der Waals surface area contributed by atoms with E-state index in [0.29, 0.717) is 53.1 Å². The third kappa shape index (κ3) is 8.04.